The van der Waals surface area contributed by atoms with Crippen molar-refractivity contribution in [1.82, 2.24) is 15.0 Å². The van der Waals surface area contributed by atoms with Crippen molar-refractivity contribution in [3.05, 3.63) is 48.6 Å². The van der Waals surface area contributed by atoms with E-state index in [-0.39, 0.29) is 5.91 Å². The van der Waals surface area contributed by atoms with Crippen LogP contribution in [0.2, 0.25) is 0 Å². The molecule has 3 aromatic rings. The molecule has 3 heterocycles. The van der Waals surface area contributed by atoms with E-state index in [1.807, 2.05) is 23.1 Å². The molecule has 1 fully saturated rings. The smallest absolute Gasteiger partial charge is 0.238 e. The molecule has 0 unspecified atom stereocenters. The van der Waals surface area contributed by atoms with Crippen LogP contribution in [0, 0.1) is 0 Å². The lowest BCUT2D eigenvalue weighted by atomic mass is 10.2. The first-order valence-electron chi connectivity index (χ1n) is 9.26. The number of hydrogen-bond donors (Lipinski definition) is 0. The topological polar surface area (TPSA) is 84.8 Å². The molecule has 0 saturated carbocycles. The third kappa shape index (κ3) is 4.00. The Hall–Kier alpha value is -3.29. The van der Waals surface area contributed by atoms with E-state index in [1.54, 1.807) is 25.5 Å². The van der Waals surface area contributed by atoms with E-state index in [0.29, 0.717) is 43.4 Å². The summed E-state index contributed by atoms with van der Waals surface area (Å²) < 4.78 is 15.7. The summed E-state index contributed by atoms with van der Waals surface area (Å²) in [4.78, 5) is 21.0. The van der Waals surface area contributed by atoms with Gasteiger partial charge in [-0.25, -0.2) is 0 Å². The molecule has 2 aromatic heterocycles. The van der Waals surface area contributed by atoms with E-state index < -0.39 is 0 Å². The number of piperazine rings is 1. The summed E-state index contributed by atoms with van der Waals surface area (Å²) in [6.07, 6.45) is 2.32. The van der Waals surface area contributed by atoms with Gasteiger partial charge in [0, 0.05) is 50.8 Å². The summed E-state index contributed by atoms with van der Waals surface area (Å²) in [5, 5.41) is 3.89. The molecule has 1 saturated heterocycles. The average Bonchev–Trinajstić information content (AvgIpc) is 3.44. The summed E-state index contributed by atoms with van der Waals surface area (Å²) in [6.45, 7) is 2.97. The first-order valence-corrected chi connectivity index (χ1v) is 9.26. The number of furan rings is 1. The highest BCUT2D eigenvalue weighted by Gasteiger charge is 2.22. The van der Waals surface area contributed by atoms with Crippen molar-refractivity contribution in [2.75, 3.05) is 38.2 Å². The van der Waals surface area contributed by atoms with Gasteiger partial charge in [-0.2, -0.15) is 4.98 Å². The van der Waals surface area contributed by atoms with Crippen LogP contribution in [0.1, 0.15) is 12.3 Å². The number of anilines is 1. The first-order chi connectivity index (χ1) is 13.7. The Bertz CT molecular complexity index is 914. The highest BCUT2D eigenvalue weighted by molar-refractivity contribution is 5.76. The minimum absolute atomic E-state index is 0.100. The molecule has 4 rings (SSSR count). The Kier molecular flexibility index (Phi) is 5.27. The van der Waals surface area contributed by atoms with Gasteiger partial charge in [0.2, 0.25) is 17.6 Å². The standard InChI is InChI=1S/C20H22N4O4/c1-26-16-5-2-4-15(14-16)23-9-11-24(12-10-23)19(25)8-7-18-21-20(22-28-18)17-6-3-13-27-17/h2-6,13-14H,7-12H2,1H3. The monoisotopic (exact) mass is 382 g/mol. The van der Waals surface area contributed by atoms with Crippen molar-refractivity contribution in [3.8, 4) is 17.3 Å². The van der Waals surface area contributed by atoms with Crippen molar-refractivity contribution < 1.29 is 18.5 Å². The minimum atomic E-state index is 0.100. The van der Waals surface area contributed by atoms with E-state index in [9.17, 15) is 4.79 Å². The molecule has 1 aliphatic rings. The van der Waals surface area contributed by atoms with Crippen molar-refractivity contribution >= 4 is 11.6 Å². The van der Waals surface area contributed by atoms with Gasteiger partial charge in [-0.3, -0.25) is 4.79 Å². The van der Waals surface area contributed by atoms with Crippen LogP contribution in [0.15, 0.2) is 51.6 Å². The largest absolute Gasteiger partial charge is 0.497 e. The normalized spacial score (nSPS) is 14.3. The molecule has 0 atom stereocenters. The molecule has 146 valence electrons. The Labute approximate surface area is 162 Å². The first kappa shape index (κ1) is 18.1. The van der Waals surface area contributed by atoms with Gasteiger partial charge in [-0.1, -0.05) is 11.2 Å². The van der Waals surface area contributed by atoms with Crippen LogP contribution in [-0.2, 0) is 11.2 Å². The van der Waals surface area contributed by atoms with E-state index in [4.69, 9.17) is 13.7 Å². The second-order valence-electron chi connectivity index (χ2n) is 6.56. The summed E-state index contributed by atoms with van der Waals surface area (Å²) in [7, 11) is 1.66. The van der Waals surface area contributed by atoms with Crippen LogP contribution in [0.5, 0.6) is 5.75 Å². The van der Waals surface area contributed by atoms with Gasteiger partial charge in [0.15, 0.2) is 5.76 Å². The molecule has 1 aliphatic heterocycles. The molecule has 0 bridgehead atoms. The Morgan fingerprint density at radius 1 is 1.18 bits per heavy atom. The van der Waals surface area contributed by atoms with Gasteiger partial charge in [0.1, 0.15) is 5.75 Å². The molecule has 8 nitrogen and oxygen atoms in total. The zero-order chi connectivity index (χ0) is 19.3. The van der Waals surface area contributed by atoms with E-state index in [2.05, 4.69) is 21.1 Å². The van der Waals surface area contributed by atoms with Crippen molar-refractivity contribution in [1.29, 1.82) is 0 Å². The number of carbonyl (C=O) groups excluding carboxylic acids is 1. The van der Waals surface area contributed by atoms with Crippen LogP contribution >= 0.6 is 0 Å². The van der Waals surface area contributed by atoms with E-state index in [0.717, 1.165) is 24.5 Å². The van der Waals surface area contributed by atoms with Crippen molar-refractivity contribution in [3.63, 3.8) is 0 Å². The third-order valence-corrected chi connectivity index (χ3v) is 4.81. The predicted octanol–water partition coefficient (Wildman–Crippen LogP) is 2.62. The molecule has 1 amide bonds. The summed E-state index contributed by atoms with van der Waals surface area (Å²) >= 11 is 0. The molecule has 1 aromatic carbocycles. The van der Waals surface area contributed by atoms with Gasteiger partial charge in [-0.05, 0) is 24.3 Å². The fourth-order valence-corrected chi connectivity index (χ4v) is 3.26. The number of ether oxygens (including phenoxy) is 1. The molecule has 0 spiro atoms. The number of amides is 1. The molecule has 0 radical (unpaired) electrons. The molecule has 28 heavy (non-hydrogen) atoms. The lowest BCUT2D eigenvalue weighted by Crippen LogP contribution is -2.48. The van der Waals surface area contributed by atoms with Crippen LogP contribution in [0.4, 0.5) is 5.69 Å². The second-order valence-corrected chi connectivity index (χ2v) is 6.56. The maximum absolute atomic E-state index is 12.5. The fourth-order valence-electron chi connectivity index (χ4n) is 3.26. The van der Waals surface area contributed by atoms with Crippen LogP contribution in [-0.4, -0.2) is 54.2 Å². The quantitative estimate of drug-likeness (QED) is 0.648. The molecular weight excluding hydrogens is 360 g/mol. The summed E-state index contributed by atoms with van der Waals surface area (Å²) in [5.74, 6) is 2.33. The fraction of sp³-hybridized carbons (Fsp3) is 0.350. The lowest BCUT2D eigenvalue weighted by Gasteiger charge is -2.36. The van der Waals surface area contributed by atoms with Crippen molar-refractivity contribution in [2.45, 2.75) is 12.8 Å². The number of hydrogen-bond acceptors (Lipinski definition) is 7. The zero-order valence-electron chi connectivity index (χ0n) is 15.7. The summed E-state index contributed by atoms with van der Waals surface area (Å²) in [5.41, 5.74) is 1.11. The lowest BCUT2D eigenvalue weighted by molar-refractivity contribution is -0.131. The predicted molar refractivity (Wildman–Crippen MR) is 102 cm³/mol. The van der Waals surface area contributed by atoms with Gasteiger partial charge < -0.3 is 23.5 Å². The Morgan fingerprint density at radius 3 is 2.79 bits per heavy atom. The average molecular weight is 382 g/mol. The minimum Gasteiger partial charge on any atom is -0.497 e. The number of rotatable bonds is 6. The number of methoxy groups -OCH3 is 1. The Balaban J connectivity index is 1.27. The number of nitrogens with zero attached hydrogens (tertiary/aromatic N) is 4. The van der Waals surface area contributed by atoms with Crippen LogP contribution in [0.3, 0.4) is 0 Å². The molecule has 8 heteroatoms. The Morgan fingerprint density at radius 2 is 2.04 bits per heavy atom. The van der Waals surface area contributed by atoms with E-state index >= 15 is 0 Å². The van der Waals surface area contributed by atoms with E-state index in [1.165, 1.54) is 0 Å². The second kappa shape index (κ2) is 8.16. The van der Waals surface area contributed by atoms with Crippen LogP contribution in [0.25, 0.3) is 11.6 Å². The van der Waals surface area contributed by atoms with Crippen LogP contribution < -0.4 is 9.64 Å². The maximum Gasteiger partial charge on any atom is 0.238 e. The van der Waals surface area contributed by atoms with Gasteiger partial charge in [0.25, 0.3) is 0 Å². The number of aromatic nitrogens is 2. The van der Waals surface area contributed by atoms with Crippen molar-refractivity contribution in [2.24, 2.45) is 0 Å². The number of aryl methyl sites for hydroxylation is 1. The highest BCUT2D eigenvalue weighted by Crippen LogP contribution is 2.22. The number of carbonyl (C=O) groups is 1. The summed E-state index contributed by atoms with van der Waals surface area (Å²) in [6, 6.07) is 11.5. The SMILES string of the molecule is COc1cccc(N2CCN(C(=O)CCc3nc(-c4ccco4)no3)CC2)c1. The molecule has 0 aliphatic carbocycles. The number of benzene rings is 1. The third-order valence-electron chi connectivity index (χ3n) is 4.81. The van der Waals surface area contributed by atoms with Gasteiger partial charge >= 0.3 is 0 Å². The zero-order valence-corrected chi connectivity index (χ0v) is 15.7. The molecular formula is C20H22N4O4. The van der Waals surface area contributed by atoms with Gasteiger partial charge in [-0.15, -0.1) is 0 Å². The molecule has 0 N–H and O–H groups in total. The maximum atomic E-state index is 12.5. The van der Waals surface area contributed by atoms with Gasteiger partial charge in [0.05, 0.1) is 13.4 Å². The highest BCUT2D eigenvalue weighted by atomic mass is 16.5.